The summed E-state index contributed by atoms with van der Waals surface area (Å²) in [6, 6.07) is -0.343. The first-order valence-corrected chi connectivity index (χ1v) is 7.72. The lowest BCUT2D eigenvalue weighted by Gasteiger charge is -2.09. The topological polar surface area (TPSA) is 96.1 Å². The number of hydrogen-bond acceptors (Lipinski definition) is 5. The van der Waals surface area contributed by atoms with E-state index >= 15 is 0 Å². The Bertz CT molecular complexity index is 599. The van der Waals surface area contributed by atoms with Crippen molar-refractivity contribution < 1.29 is 13.2 Å². The van der Waals surface area contributed by atoms with Crippen molar-refractivity contribution in [3.8, 4) is 0 Å². The Labute approximate surface area is 102 Å². The van der Waals surface area contributed by atoms with Crippen LogP contribution < -0.4 is 10.2 Å². The molecule has 94 valence electrons. The molecule has 0 spiro atoms. The third kappa shape index (κ3) is 2.75. The maximum atomic E-state index is 11.8. The minimum atomic E-state index is -3.01. The third-order valence-electron chi connectivity index (χ3n) is 2.60. The third-order valence-corrected chi connectivity index (χ3v) is 5.35. The van der Waals surface area contributed by atoms with E-state index in [9.17, 15) is 18.0 Å². The number of carbonyl (C=O) groups excluding carboxylic acids is 1. The van der Waals surface area contributed by atoms with Gasteiger partial charge in [0.05, 0.1) is 11.5 Å². The second kappa shape index (κ2) is 4.26. The highest BCUT2D eigenvalue weighted by atomic mass is 32.2. The Balaban J connectivity index is 2.08. The van der Waals surface area contributed by atoms with Gasteiger partial charge in [-0.15, -0.1) is 0 Å². The van der Waals surface area contributed by atoms with Gasteiger partial charge in [-0.05, 0) is 13.3 Å². The zero-order valence-corrected chi connectivity index (χ0v) is 10.8. The lowest BCUT2D eigenvalue weighted by Crippen LogP contribution is -2.35. The summed E-state index contributed by atoms with van der Waals surface area (Å²) in [5.74, 6) is -0.287. The summed E-state index contributed by atoms with van der Waals surface area (Å²) in [7, 11) is -3.01. The zero-order valence-electron chi connectivity index (χ0n) is 9.15. The molecule has 0 bridgehead atoms. The van der Waals surface area contributed by atoms with E-state index in [0.717, 1.165) is 11.3 Å². The summed E-state index contributed by atoms with van der Waals surface area (Å²) < 4.78 is 22.5. The lowest BCUT2D eigenvalue weighted by atomic mass is 10.2. The molecule has 1 aromatic rings. The number of aromatic nitrogens is 1. The molecule has 17 heavy (non-hydrogen) atoms. The molecule has 2 heterocycles. The van der Waals surface area contributed by atoms with Crippen LogP contribution in [0.25, 0.3) is 0 Å². The molecule has 2 rings (SSSR count). The highest BCUT2D eigenvalue weighted by Crippen LogP contribution is 2.13. The van der Waals surface area contributed by atoms with Crippen LogP contribution in [0.15, 0.2) is 4.79 Å². The molecule has 2 N–H and O–H groups in total. The first kappa shape index (κ1) is 12.3. The molecule has 1 amide bonds. The van der Waals surface area contributed by atoms with Gasteiger partial charge in [0.25, 0.3) is 5.91 Å². The van der Waals surface area contributed by atoms with E-state index in [1.54, 1.807) is 6.92 Å². The summed E-state index contributed by atoms with van der Waals surface area (Å²) >= 11 is 0.833. The van der Waals surface area contributed by atoms with Gasteiger partial charge in [0.15, 0.2) is 9.84 Å². The normalized spacial score (nSPS) is 22.5. The number of nitrogens with one attached hydrogen (secondary N) is 2. The molecule has 1 unspecified atom stereocenters. The molecule has 0 aliphatic carbocycles. The molecular weight excluding hydrogens is 264 g/mol. The molecule has 1 fully saturated rings. The highest BCUT2D eigenvalue weighted by Gasteiger charge is 2.29. The molecule has 0 aromatic carbocycles. The fraction of sp³-hybridized carbons (Fsp3) is 0.556. The number of hydrogen-bond donors (Lipinski definition) is 2. The molecular formula is C9H12N2O4S2. The Morgan fingerprint density at radius 3 is 2.71 bits per heavy atom. The van der Waals surface area contributed by atoms with Crippen molar-refractivity contribution in [2.24, 2.45) is 0 Å². The van der Waals surface area contributed by atoms with Crippen LogP contribution in [0, 0.1) is 6.92 Å². The van der Waals surface area contributed by atoms with Gasteiger partial charge in [0, 0.05) is 11.7 Å². The van der Waals surface area contributed by atoms with Gasteiger partial charge in [-0.1, -0.05) is 11.3 Å². The fourth-order valence-corrected chi connectivity index (χ4v) is 4.20. The Hall–Kier alpha value is -1.15. The van der Waals surface area contributed by atoms with Crippen molar-refractivity contribution >= 4 is 27.1 Å². The van der Waals surface area contributed by atoms with Crippen LogP contribution in [0.1, 0.15) is 21.8 Å². The maximum Gasteiger partial charge on any atom is 0.305 e. The maximum absolute atomic E-state index is 11.8. The number of sulfone groups is 1. The van der Waals surface area contributed by atoms with Crippen LogP contribution in [-0.2, 0) is 9.84 Å². The number of H-pyrrole nitrogens is 1. The van der Waals surface area contributed by atoms with Gasteiger partial charge in [-0.25, -0.2) is 8.42 Å². The average molecular weight is 276 g/mol. The summed E-state index contributed by atoms with van der Waals surface area (Å²) in [6.07, 6.45) is 0.437. The van der Waals surface area contributed by atoms with Gasteiger partial charge < -0.3 is 10.3 Å². The van der Waals surface area contributed by atoms with Crippen LogP contribution in [0.3, 0.4) is 0 Å². The van der Waals surface area contributed by atoms with Gasteiger partial charge in [-0.3, -0.25) is 9.59 Å². The number of aromatic amines is 1. The van der Waals surface area contributed by atoms with Crippen LogP contribution in [0.5, 0.6) is 0 Å². The van der Waals surface area contributed by atoms with Crippen molar-refractivity contribution in [2.75, 3.05) is 11.5 Å². The van der Waals surface area contributed by atoms with E-state index in [1.807, 2.05) is 0 Å². The zero-order chi connectivity index (χ0) is 12.6. The van der Waals surface area contributed by atoms with Crippen LogP contribution >= 0.6 is 11.3 Å². The number of amides is 1. The van der Waals surface area contributed by atoms with Gasteiger partial charge in [-0.2, -0.15) is 0 Å². The van der Waals surface area contributed by atoms with E-state index < -0.39 is 9.84 Å². The first-order valence-electron chi connectivity index (χ1n) is 5.08. The van der Waals surface area contributed by atoms with Crippen LogP contribution in [0.4, 0.5) is 0 Å². The largest absolute Gasteiger partial charge is 0.347 e. The smallest absolute Gasteiger partial charge is 0.305 e. The molecule has 1 saturated heterocycles. The predicted octanol–water partition coefficient (Wildman–Crippen LogP) is -0.338. The molecule has 6 nitrogen and oxygen atoms in total. The predicted molar refractivity (Wildman–Crippen MR) is 64.2 cm³/mol. The minimum Gasteiger partial charge on any atom is -0.347 e. The number of aryl methyl sites for hydroxylation is 1. The van der Waals surface area contributed by atoms with Crippen LogP contribution in [-0.4, -0.2) is 36.9 Å². The summed E-state index contributed by atoms with van der Waals surface area (Å²) in [5.41, 5.74) is 0.512. The molecule has 0 saturated carbocycles. The minimum absolute atomic E-state index is 0.0168. The van der Waals surface area contributed by atoms with Gasteiger partial charge in [0.2, 0.25) is 0 Å². The molecule has 0 radical (unpaired) electrons. The Morgan fingerprint density at radius 2 is 2.24 bits per heavy atom. The quantitative estimate of drug-likeness (QED) is 0.772. The summed E-state index contributed by atoms with van der Waals surface area (Å²) in [4.78, 5) is 25.4. The fourth-order valence-electron chi connectivity index (χ4n) is 1.78. The number of rotatable bonds is 2. The monoisotopic (exact) mass is 276 g/mol. The van der Waals surface area contributed by atoms with E-state index in [0.29, 0.717) is 17.0 Å². The highest BCUT2D eigenvalue weighted by molar-refractivity contribution is 7.91. The standard InChI is InChI=1S/C9H12N2O4S2/c1-5-7(16-9(13)10-5)8(12)11-6-2-3-17(14,15)4-6/h6H,2-4H2,1H3,(H,10,13)(H,11,12). The van der Waals surface area contributed by atoms with Gasteiger partial charge in [0.1, 0.15) is 4.88 Å². The number of thiazole rings is 1. The molecule has 1 aliphatic heterocycles. The van der Waals surface area contributed by atoms with Crippen molar-refractivity contribution in [3.05, 3.63) is 20.2 Å². The first-order chi connectivity index (χ1) is 7.87. The molecule has 1 aromatic heterocycles. The van der Waals surface area contributed by atoms with Crippen molar-refractivity contribution in [1.29, 1.82) is 0 Å². The second-order valence-electron chi connectivity index (χ2n) is 4.04. The molecule has 8 heteroatoms. The van der Waals surface area contributed by atoms with E-state index in [-0.39, 0.29) is 28.3 Å². The van der Waals surface area contributed by atoms with Gasteiger partial charge >= 0.3 is 4.87 Å². The molecule has 1 aliphatic rings. The van der Waals surface area contributed by atoms with E-state index in [2.05, 4.69) is 10.3 Å². The van der Waals surface area contributed by atoms with Crippen molar-refractivity contribution in [1.82, 2.24) is 10.3 Å². The summed E-state index contributed by atoms with van der Waals surface area (Å²) in [6.45, 7) is 1.64. The van der Waals surface area contributed by atoms with Crippen molar-refractivity contribution in [2.45, 2.75) is 19.4 Å². The molecule has 1 atom stereocenters. The Morgan fingerprint density at radius 1 is 1.53 bits per heavy atom. The van der Waals surface area contributed by atoms with E-state index in [4.69, 9.17) is 0 Å². The Kier molecular flexibility index (Phi) is 3.09. The van der Waals surface area contributed by atoms with Crippen LogP contribution in [0.2, 0.25) is 0 Å². The number of carbonyl (C=O) groups is 1. The lowest BCUT2D eigenvalue weighted by molar-refractivity contribution is 0.0944. The average Bonchev–Trinajstić information content (AvgIpc) is 2.69. The summed E-state index contributed by atoms with van der Waals surface area (Å²) in [5, 5.41) is 2.64. The van der Waals surface area contributed by atoms with E-state index in [1.165, 1.54) is 0 Å². The van der Waals surface area contributed by atoms with Crippen molar-refractivity contribution in [3.63, 3.8) is 0 Å². The SMILES string of the molecule is Cc1[nH]c(=O)sc1C(=O)NC1CCS(=O)(=O)C1. The second-order valence-corrected chi connectivity index (χ2v) is 7.25.